The van der Waals surface area contributed by atoms with Crippen molar-refractivity contribution < 1.29 is 0 Å². The van der Waals surface area contributed by atoms with Crippen molar-refractivity contribution in [1.82, 2.24) is 10.6 Å². The maximum atomic E-state index is 5.18. The van der Waals surface area contributed by atoms with Gasteiger partial charge >= 0.3 is 0 Å². The molecule has 1 rings (SSSR count). The minimum Gasteiger partial charge on any atom is -0.388 e. The Labute approximate surface area is 92.2 Å². The van der Waals surface area contributed by atoms with E-state index in [1.165, 1.54) is 5.70 Å². The lowest BCUT2D eigenvalue weighted by Crippen LogP contribution is -2.47. The number of thiocarbonyl (C=S) groups is 1. The Kier molecular flexibility index (Phi) is 3.53. The molecule has 1 aliphatic rings. The summed E-state index contributed by atoms with van der Waals surface area (Å²) in [5.74, 6) is 0.669. The molecule has 1 aliphatic heterocycles. The van der Waals surface area contributed by atoms with Crippen LogP contribution in [0.3, 0.4) is 0 Å². The molecule has 1 heterocycles. The third-order valence-corrected chi connectivity index (χ3v) is 2.36. The molecule has 0 amide bonds. The monoisotopic (exact) mass is 212 g/mol. The second-order valence-corrected chi connectivity index (χ2v) is 5.43. The van der Waals surface area contributed by atoms with E-state index in [2.05, 4.69) is 38.3 Å². The molecule has 2 nitrogen and oxygen atoms in total. The van der Waals surface area contributed by atoms with Crippen molar-refractivity contribution in [3.8, 4) is 0 Å². The summed E-state index contributed by atoms with van der Waals surface area (Å²) in [7, 11) is 0. The average Bonchev–Trinajstić information content (AvgIpc) is 1.96. The number of hydrogen-bond donors (Lipinski definition) is 2. The van der Waals surface area contributed by atoms with Crippen molar-refractivity contribution in [2.24, 2.45) is 5.92 Å². The van der Waals surface area contributed by atoms with Gasteiger partial charge in [0.15, 0.2) is 0 Å². The molecule has 80 valence electrons. The molecule has 0 bridgehead atoms. The summed E-state index contributed by atoms with van der Waals surface area (Å²) in [5.41, 5.74) is 1.35. The van der Waals surface area contributed by atoms with E-state index in [9.17, 15) is 0 Å². The fourth-order valence-corrected chi connectivity index (χ4v) is 1.97. The summed E-state index contributed by atoms with van der Waals surface area (Å²) in [4.78, 5) is 0.840. The van der Waals surface area contributed by atoms with E-state index in [1.807, 2.05) is 6.08 Å². The van der Waals surface area contributed by atoms with Gasteiger partial charge < -0.3 is 10.6 Å². The van der Waals surface area contributed by atoms with Crippen LogP contribution in [0.4, 0.5) is 0 Å². The topological polar surface area (TPSA) is 24.1 Å². The second-order valence-electron chi connectivity index (χ2n) is 4.99. The summed E-state index contributed by atoms with van der Waals surface area (Å²) < 4.78 is 0. The van der Waals surface area contributed by atoms with Gasteiger partial charge in [-0.2, -0.15) is 0 Å². The zero-order chi connectivity index (χ0) is 10.8. The molecule has 3 heteroatoms. The van der Waals surface area contributed by atoms with Crippen LogP contribution in [-0.4, -0.2) is 17.1 Å². The van der Waals surface area contributed by atoms with Gasteiger partial charge in [0.2, 0.25) is 0 Å². The predicted molar refractivity (Wildman–Crippen MR) is 65.4 cm³/mol. The molecule has 0 saturated heterocycles. The first-order valence-electron chi connectivity index (χ1n) is 5.16. The molecule has 0 spiro atoms. The van der Waals surface area contributed by atoms with Crippen molar-refractivity contribution in [3.05, 3.63) is 11.8 Å². The summed E-state index contributed by atoms with van der Waals surface area (Å²) in [5, 5.41) is 6.73. The van der Waals surface area contributed by atoms with Gasteiger partial charge in [-0.15, -0.1) is 0 Å². The van der Waals surface area contributed by atoms with Crippen LogP contribution in [-0.2, 0) is 0 Å². The largest absolute Gasteiger partial charge is 0.388 e. The average molecular weight is 212 g/mol. The van der Waals surface area contributed by atoms with E-state index in [-0.39, 0.29) is 5.54 Å². The van der Waals surface area contributed by atoms with E-state index in [0.717, 1.165) is 18.0 Å². The van der Waals surface area contributed by atoms with Gasteiger partial charge in [-0.1, -0.05) is 26.1 Å². The minimum atomic E-state index is 0.0884. The highest BCUT2D eigenvalue weighted by molar-refractivity contribution is 7.80. The third-order valence-electron chi connectivity index (χ3n) is 2.14. The van der Waals surface area contributed by atoms with Crippen LogP contribution in [0.5, 0.6) is 0 Å². The molecule has 0 saturated carbocycles. The van der Waals surface area contributed by atoms with Gasteiger partial charge in [-0.05, 0) is 25.8 Å². The summed E-state index contributed by atoms with van der Waals surface area (Å²) in [6, 6.07) is 0. The van der Waals surface area contributed by atoms with Crippen LogP contribution in [0.15, 0.2) is 11.8 Å². The van der Waals surface area contributed by atoms with E-state index < -0.39 is 0 Å². The van der Waals surface area contributed by atoms with Crippen molar-refractivity contribution in [2.75, 3.05) is 6.54 Å². The van der Waals surface area contributed by atoms with E-state index >= 15 is 0 Å². The van der Waals surface area contributed by atoms with Crippen molar-refractivity contribution >= 4 is 17.2 Å². The maximum absolute atomic E-state index is 5.18. The zero-order valence-corrected chi connectivity index (χ0v) is 10.3. The Bertz CT molecular complexity index is 254. The van der Waals surface area contributed by atoms with Crippen LogP contribution >= 0.6 is 12.2 Å². The van der Waals surface area contributed by atoms with Gasteiger partial charge in [-0.25, -0.2) is 0 Å². The highest BCUT2D eigenvalue weighted by Gasteiger charge is 2.24. The molecule has 0 aromatic rings. The first kappa shape index (κ1) is 11.5. The number of hydrogen-bond acceptors (Lipinski definition) is 2. The molecule has 2 N–H and O–H groups in total. The predicted octanol–water partition coefficient (Wildman–Crippen LogP) is 2.22. The fraction of sp³-hybridized carbons (Fsp3) is 0.727. The standard InChI is InChI=1S/C11H20N2S/c1-8(2)7-12-9-5-10(14)13-11(3,4)6-9/h5,8,12H,6-7H2,1-4H3,(H,13,14). The molecular formula is C11H20N2S. The lowest BCUT2D eigenvalue weighted by molar-refractivity contribution is 0.432. The van der Waals surface area contributed by atoms with E-state index in [4.69, 9.17) is 12.2 Å². The lowest BCUT2D eigenvalue weighted by atomic mass is 9.95. The summed E-state index contributed by atoms with van der Waals surface area (Å²) in [6.07, 6.45) is 3.04. The van der Waals surface area contributed by atoms with E-state index in [0.29, 0.717) is 5.92 Å². The minimum absolute atomic E-state index is 0.0884. The maximum Gasteiger partial charge on any atom is 0.101 e. The van der Waals surface area contributed by atoms with Crippen LogP contribution in [0.25, 0.3) is 0 Å². The van der Waals surface area contributed by atoms with Crippen molar-refractivity contribution in [2.45, 2.75) is 39.7 Å². The van der Waals surface area contributed by atoms with Crippen molar-refractivity contribution in [3.63, 3.8) is 0 Å². The molecule has 0 aromatic heterocycles. The SMILES string of the molecule is CC(C)CNC1=CC(=S)NC(C)(C)C1. The Morgan fingerprint density at radius 1 is 1.57 bits per heavy atom. The molecule has 14 heavy (non-hydrogen) atoms. The van der Waals surface area contributed by atoms with Crippen molar-refractivity contribution in [1.29, 1.82) is 0 Å². The smallest absolute Gasteiger partial charge is 0.101 e. The van der Waals surface area contributed by atoms with Gasteiger partial charge in [0.1, 0.15) is 4.99 Å². The Hall–Kier alpha value is -0.570. The Morgan fingerprint density at radius 3 is 2.71 bits per heavy atom. The second kappa shape index (κ2) is 4.30. The van der Waals surface area contributed by atoms with Crippen LogP contribution in [0, 0.1) is 5.92 Å². The zero-order valence-electron chi connectivity index (χ0n) is 9.48. The lowest BCUT2D eigenvalue weighted by Gasteiger charge is -2.33. The Balaban J connectivity index is 2.56. The molecule has 0 aromatic carbocycles. The molecule has 0 radical (unpaired) electrons. The van der Waals surface area contributed by atoms with E-state index in [1.54, 1.807) is 0 Å². The third kappa shape index (κ3) is 3.66. The molecule has 0 unspecified atom stereocenters. The number of rotatable bonds is 3. The van der Waals surface area contributed by atoms with Crippen LogP contribution in [0.2, 0.25) is 0 Å². The van der Waals surface area contributed by atoms with Gasteiger partial charge in [0.05, 0.1) is 0 Å². The Morgan fingerprint density at radius 2 is 2.21 bits per heavy atom. The molecular weight excluding hydrogens is 192 g/mol. The highest BCUT2D eigenvalue weighted by atomic mass is 32.1. The van der Waals surface area contributed by atoms with Gasteiger partial charge in [0, 0.05) is 24.2 Å². The molecule has 0 atom stereocenters. The summed E-state index contributed by atoms with van der Waals surface area (Å²) in [6.45, 7) is 9.77. The summed E-state index contributed by atoms with van der Waals surface area (Å²) >= 11 is 5.18. The first-order chi connectivity index (χ1) is 6.39. The van der Waals surface area contributed by atoms with Gasteiger partial charge in [-0.3, -0.25) is 0 Å². The first-order valence-corrected chi connectivity index (χ1v) is 5.56. The highest BCUT2D eigenvalue weighted by Crippen LogP contribution is 2.18. The molecule has 0 aliphatic carbocycles. The quantitative estimate of drug-likeness (QED) is 0.701. The molecule has 0 fully saturated rings. The van der Waals surface area contributed by atoms with Crippen LogP contribution < -0.4 is 10.6 Å². The van der Waals surface area contributed by atoms with Gasteiger partial charge in [0.25, 0.3) is 0 Å². The van der Waals surface area contributed by atoms with Crippen LogP contribution in [0.1, 0.15) is 34.1 Å². The number of nitrogens with one attached hydrogen (secondary N) is 2. The normalized spacial score (nSPS) is 20.4. The fourth-order valence-electron chi connectivity index (χ4n) is 1.55.